The second-order valence-electron chi connectivity index (χ2n) is 6.44. The molecule has 1 atom stereocenters. The Bertz CT molecular complexity index is 422. The van der Waals surface area contributed by atoms with E-state index in [-0.39, 0.29) is 0 Å². The van der Waals surface area contributed by atoms with E-state index < -0.39 is 10.0 Å². The smallest absolute Gasteiger partial charge is 0.214 e. The van der Waals surface area contributed by atoms with Gasteiger partial charge in [-0.2, -0.15) is 4.31 Å². The van der Waals surface area contributed by atoms with E-state index in [9.17, 15) is 8.42 Å². The first-order valence-corrected chi connectivity index (χ1v) is 9.71. The van der Waals surface area contributed by atoms with Gasteiger partial charge in [-0.25, -0.2) is 8.42 Å². The molecule has 0 aromatic carbocycles. The Morgan fingerprint density at radius 3 is 2.70 bits per heavy atom. The van der Waals surface area contributed by atoms with Crippen LogP contribution in [0.25, 0.3) is 0 Å². The summed E-state index contributed by atoms with van der Waals surface area (Å²) in [4.78, 5) is 2.45. The second-order valence-corrected chi connectivity index (χ2v) is 8.53. The van der Waals surface area contributed by atoms with E-state index in [2.05, 4.69) is 10.2 Å². The molecule has 1 unspecified atom stereocenters. The molecule has 0 radical (unpaired) electrons. The number of piperazine rings is 1. The van der Waals surface area contributed by atoms with Gasteiger partial charge < -0.3 is 5.32 Å². The van der Waals surface area contributed by atoms with E-state index in [1.807, 2.05) is 0 Å². The quantitative estimate of drug-likeness (QED) is 0.701. The van der Waals surface area contributed by atoms with E-state index >= 15 is 0 Å². The number of sulfonamides is 1. The molecule has 2 heterocycles. The monoisotopic (exact) mass is 301 g/mol. The van der Waals surface area contributed by atoms with Gasteiger partial charge in [0.1, 0.15) is 0 Å². The number of nitrogens with one attached hydrogen (secondary N) is 1. The molecule has 1 N–H and O–H groups in total. The van der Waals surface area contributed by atoms with Crippen molar-refractivity contribution in [3.05, 3.63) is 0 Å². The summed E-state index contributed by atoms with van der Waals surface area (Å²) >= 11 is 0. The lowest BCUT2D eigenvalue weighted by molar-refractivity contribution is 0.158. The molecule has 3 rings (SSSR count). The molecule has 116 valence electrons. The summed E-state index contributed by atoms with van der Waals surface area (Å²) in [6, 6.07) is 1.21. The molecule has 2 aliphatic heterocycles. The van der Waals surface area contributed by atoms with Crippen molar-refractivity contribution < 1.29 is 8.42 Å². The number of fused-ring (bicyclic) bond motifs is 1. The van der Waals surface area contributed by atoms with Crippen molar-refractivity contribution in [1.29, 1.82) is 0 Å². The van der Waals surface area contributed by atoms with E-state index in [0.717, 1.165) is 51.5 Å². The van der Waals surface area contributed by atoms with Crippen LogP contribution in [0.5, 0.6) is 0 Å². The highest BCUT2D eigenvalue weighted by Crippen LogP contribution is 2.23. The van der Waals surface area contributed by atoms with Crippen LogP contribution in [0, 0.1) is 0 Å². The molecule has 0 aromatic heterocycles. The van der Waals surface area contributed by atoms with Crippen LogP contribution >= 0.6 is 0 Å². The summed E-state index contributed by atoms with van der Waals surface area (Å²) < 4.78 is 26.5. The number of nitrogens with zero attached hydrogens (tertiary/aromatic N) is 2. The topological polar surface area (TPSA) is 52.7 Å². The van der Waals surface area contributed by atoms with Crippen LogP contribution in [0.15, 0.2) is 0 Å². The molecule has 1 saturated carbocycles. The Kier molecular flexibility index (Phi) is 4.65. The van der Waals surface area contributed by atoms with Crippen LogP contribution in [-0.2, 0) is 10.0 Å². The summed E-state index contributed by atoms with van der Waals surface area (Å²) in [5.41, 5.74) is 0. The Balaban J connectivity index is 1.40. The van der Waals surface area contributed by atoms with E-state index in [1.165, 1.54) is 19.3 Å². The Hall–Kier alpha value is -0.170. The van der Waals surface area contributed by atoms with Gasteiger partial charge in [0.15, 0.2) is 0 Å². The maximum Gasteiger partial charge on any atom is 0.214 e. The lowest BCUT2D eigenvalue weighted by Gasteiger charge is -2.36. The molecule has 2 saturated heterocycles. The molecule has 0 amide bonds. The third-order valence-electron chi connectivity index (χ3n) is 4.78. The van der Waals surface area contributed by atoms with Gasteiger partial charge in [-0.1, -0.05) is 0 Å². The number of unbranched alkanes of at least 4 members (excludes halogenated alkanes) is 1. The average molecular weight is 301 g/mol. The molecule has 0 spiro atoms. The van der Waals surface area contributed by atoms with Crippen molar-refractivity contribution in [2.24, 2.45) is 0 Å². The minimum Gasteiger partial charge on any atom is -0.314 e. The lowest BCUT2D eigenvalue weighted by Crippen LogP contribution is -2.52. The van der Waals surface area contributed by atoms with Crippen molar-refractivity contribution in [2.75, 3.05) is 38.5 Å². The van der Waals surface area contributed by atoms with Crippen LogP contribution in [0.2, 0.25) is 0 Å². The first kappa shape index (κ1) is 14.8. The standard InChI is InChI=1S/C14H27N3O2S/c18-20(19,11-2-1-7-15-13-5-6-13)17-10-9-16-8-3-4-14(16)12-17/h13-15H,1-12H2. The largest absolute Gasteiger partial charge is 0.314 e. The molecule has 3 aliphatic rings. The highest BCUT2D eigenvalue weighted by Gasteiger charge is 2.35. The molecular formula is C14H27N3O2S. The van der Waals surface area contributed by atoms with Crippen LogP contribution in [-0.4, -0.2) is 68.2 Å². The molecule has 3 fully saturated rings. The maximum atomic E-state index is 12.4. The normalized spacial score (nSPS) is 28.7. The van der Waals surface area contributed by atoms with E-state index in [4.69, 9.17) is 0 Å². The fourth-order valence-electron chi connectivity index (χ4n) is 3.35. The third kappa shape index (κ3) is 3.72. The van der Waals surface area contributed by atoms with Gasteiger partial charge in [0.25, 0.3) is 0 Å². The van der Waals surface area contributed by atoms with Crippen molar-refractivity contribution in [3.63, 3.8) is 0 Å². The van der Waals surface area contributed by atoms with Crippen molar-refractivity contribution >= 4 is 10.0 Å². The first-order valence-electron chi connectivity index (χ1n) is 8.10. The molecular weight excluding hydrogens is 274 g/mol. The highest BCUT2D eigenvalue weighted by molar-refractivity contribution is 7.89. The Morgan fingerprint density at radius 1 is 1.05 bits per heavy atom. The van der Waals surface area contributed by atoms with Crippen LogP contribution in [0.1, 0.15) is 38.5 Å². The summed E-state index contributed by atoms with van der Waals surface area (Å²) in [7, 11) is -3.03. The summed E-state index contributed by atoms with van der Waals surface area (Å²) in [5.74, 6) is 0.325. The van der Waals surface area contributed by atoms with Crippen LogP contribution < -0.4 is 5.32 Å². The molecule has 0 bridgehead atoms. The van der Waals surface area contributed by atoms with Gasteiger partial charge in [0.2, 0.25) is 10.0 Å². The predicted octanol–water partition coefficient (Wildman–Crippen LogP) is 0.628. The fourth-order valence-corrected chi connectivity index (χ4v) is 4.93. The van der Waals surface area contributed by atoms with Crippen LogP contribution in [0.4, 0.5) is 0 Å². The summed E-state index contributed by atoms with van der Waals surface area (Å²) in [6.45, 7) is 4.47. The van der Waals surface area contributed by atoms with Gasteiger partial charge in [-0.05, 0) is 51.6 Å². The maximum absolute atomic E-state index is 12.4. The van der Waals surface area contributed by atoms with Crippen LogP contribution in [0.3, 0.4) is 0 Å². The molecule has 0 aromatic rings. The van der Waals surface area contributed by atoms with Crippen molar-refractivity contribution in [2.45, 2.75) is 50.6 Å². The Morgan fingerprint density at radius 2 is 1.90 bits per heavy atom. The summed E-state index contributed by atoms with van der Waals surface area (Å²) in [6.07, 6.45) is 6.74. The zero-order chi connectivity index (χ0) is 14.0. The first-order chi connectivity index (χ1) is 9.65. The van der Waals surface area contributed by atoms with Gasteiger partial charge in [0, 0.05) is 31.7 Å². The zero-order valence-corrected chi connectivity index (χ0v) is 13.1. The molecule has 20 heavy (non-hydrogen) atoms. The number of hydrogen-bond donors (Lipinski definition) is 1. The predicted molar refractivity (Wildman–Crippen MR) is 80.2 cm³/mol. The molecule has 1 aliphatic carbocycles. The van der Waals surface area contributed by atoms with Gasteiger partial charge in [-0.15, -0.1) is 0 Å². The average Bonchev–Trinajstić information content (AvgIpc) is 3.13. The van der Waals surface area contributed by atoms with Gasteiger partial charge in [-0.3, -0.25) is 4.90 Å². The fraction of sp³-hybridized carbons (Fsp3) is 1.00. The molecule has 6 heteroatoms. The SMILES string of the molecule is O=S(=O)(CCCCNC1CC1)N1CCN2CCCC2C1. The van der Waals surface area contributed by atoms with Crippen molar-refractivity contribution in [1.82, 2.24) is 14.5 Å². The van der Waals surface area contributed by atoms with Crippen molar-refractivity contribution in [3.8, 4) is 0 Å². The highest BCUT2D eigenvalue weighted by atomic mass is 32.2. The minimum atomic E-state index is -3.03. The number of rotatable bonds is 7. The minimum absolute atomic E-state index is 0.325. The molecule has 5 nitrogen and oxygen atoms in total. The summed E-state index contributed by atoms with van der Waals surface area (Å²) in [5, 5.41) is 3.44. The third-order valence-corrected chi connectivity index (χ3v) is 6.71. The zero-order valence-electron chi connectivity index (χ0n) is 12.3. The van der Waals surface area contributed by atoms with Gasteiger partial charge in [0.05, 0.1) is 5.75 Å². The second kappa shape index (κ2) is 6.30. The van der Waals surface area contributed by atoms with E-state index in [0.29, 0.717) is 18.3 Å². The lowest BCUT2D eigenvalue weighted by atomic mass is 10.2. The Labute approximate surface area is 122 Å². The number of hydrogen-bond acceptors (Lipinski definition) is 4. The van der Waals surface area contributed by atoms with E-state index in [1.54, 1.807) is 4.31 Å². The van der Waals surface area contributed by atoms with Gasteiger partial charge >= 0.3 is 0 Å².